The molecule has 0 saturated carbocycles. The second kappa shape index (κ2) is 3.26. The smallest absolute Gasteiger partial charge is 0.331 e. The van der Waals surface area contributed by atoms with E-state index in [4.69, 9.17) is 5.11 Å². The van der Waals surface area contributed by atoms with Gasteiger partial charge >= 0.3 is 5.69 Å². The summed E-state index contributed by atoms with van der Waals surface area (Å²) in [4.78, 5) is 23.2. The van der Waals surface area contributed by atoms with Crippen molar-refractivity contribution < 1.29 is 9.50 Å². The molecule has 5 nitrogen and oxygen atoms in total. The molecule has 0 radical (unpaired) electrons. The minimum Gasteiger partial charge on any atom is -0.492 e. The molecule has 0 unspecified atom stereocenters. The van der Waals surface area contributed by atoms with Crippen LogP contribution in [0.15, 0.2) is 22.2 Å². The Hall–Kier alpha value is -1.85. The summed E-state index contributed by atoms with van der Waals surface area (Å²) in [5, 5.41) is 9.01. The minimum atomic E-state index is -1.37. The SMILES string of the molecule is C=CCn1c(O)c(F)c(=O)[nH]c1=O. The van der Waals surface area contributed by atoms with E-state index < -0.39 is 22.9 Å². The van der Waals surface area contributed by atoms with E-state index in [0.29, 0.717) is 4.57 Å². The van der Waals surface area contributed by atoms with E-state index in [9.17, 15) is 14.0 Å². The number of allylic oxidation sites excluding steroid dienone is 1. The van der Waals surface area contributed by atoms with E-state index in [1.165, 1.54) is 6.08 Å². The molecule has 0 spiro atoms. The number of H-pyrrole nitrogens is 1. The second-order valence-electron chi connectivity index (χ2n) is 2.30. The van der Waals surface area contributed by atoms with Gasteiger partial charge in [-0.15, -0.1) is 6.58 Å². The molecule has 1 aromatic heterocycles. The topological polar surface area (TPSA) is 75.1 Å². The van der Waals surface area contributed by atoms with Gasteiger partial charge in [-0.1, -0.05) is 6.08 Å². The molecule has 2 N–H and O–H groups in total. The van der Waals surface area contributed by atoms with Crippen LogP contribution in [0.2, 0.25) is 0 Å². The van der Waals surface area contributed by atoms with Crippen LogP contribution in [0.1, 0.15) is 0 Å². The third kappa shape index (κ3) is 1.51. The normalized spacial score (nSPS) is 9.92. The Labute approximate surface area is 71.8 Å². The molecule has 0 amide bonds. The highest BCUT2D eigenvalue weighted by molar-refractivity contribution is 5.10. The summed E-state index contributed by atoms with van der Waals surface area (Å²) in [6.07, 6.45) is 1.29. The lowest BCUT2D eigenvalue weighted by molar-refractivity contribution is 0.368. The Morgan fingerprint density at radius 1 is 1.62 bits per heavy atom. The van der Waals surface area contributed by atoms with Crippen LogP contribution >= 0.6 is 0 Å². The van der Waals surface area contributed by atoms with E-state index in [2.05, 4.69) is 6.58 Å². The first-order valence-corrected chi connectivity index (χ1v) is 3.40. The molecule has 0 fully saturated rings. The first kappa shape index (κ1) is 9.24. The summed E-state index contributed by atoms with van der Waals surface area (Å²) < 4.78 is 13.4. The van der Waals surface area contributed by atoms with Crippen LogP contribution in [0.4, 0.5) is 4.39 Å². The van der Waals surface area contributed by atoms with E-state index in [1.807, 2.05) is 0 Å². The van der Waals surface area contributed by atoms with Crippen LogP contribution in [-0.2, 0) is 6.54 Å². The molecular formula is C7H7FN2O3. The van der Waals surface area contributed by atoms with Gasteiger partial charge in [0.15, 0.2) is 0 Å². The van der Waals surface area contributed by atoms with Gasteiger partial charge in [0, 0.05) is 6.54 Å². The average molecular weight is 186 g/mol. The van der Waals surface area contributed by atoms with Crippen molar-refractivity contribution in [2.24, 2.45) is 0 Å². The summed E-state index contributed by atoms with van der Waals surface area (Å²) in [6, 6.07) is 0. The molecular weight excluding hydrogens is 179 g/mol. The Balaban J connectivity index is 3.53. The third-order valence-electron chi connectivity index (χ3n) is 1.43. The Morgan fingerprint density at radius 2 is 2.23 bits per heavy atom. The molecule has 70 valence electrons. The van der Waals surface area contributed by atoms with Crippen molar-refractivity contribution >= 4 is 0 Å². The molecule has 0 saturated heterocycles. The number of hydrogen-bond donors (Lipinski definition) is 2. The number of aromatic hydroxyl groups is 1. The van der Waals surface area contributed by atoms with Crippen molar-refractivity contribution in [3.63, 3.8) is 0 Å². The zero-order chi connectivity index (χ0) is 10.0. The van der Waals surface area contributed by atoms with Crippen LogP contribution in [-0.4, -0.2) is 14.7 Å². The van der Waals surface area contributed by atoms with Crippen LogP contribution < -0.4 is 11.2 Å². The summed E-state index contributed by atoms with van der Waals surface area (Å²) in [7, 11) is 0. The maximum absolute atomic E-state index is 12.7. The number of hydrogen-bond acceptors (Lipinski definition) is 3. The summed E-state index contributed by atoms with van der Waals surface area (Å²) >= 11 is 0. The van der Waals surface area contributed by atoms with E-state index in [0.717, 1.165) is 0 Å². The van der Waals surface area contributed by atoms with E-state index in [1.54, 1.807) is 4.98 Å². The van der Waals surface area contributed by atoms with E-state index >= 15 is 0 Å². The van der Waals surface area contributed by atoms with E-state index in [-0.39, 0.29) is 6.54 Å². The Kier molecular flexibility index (Phi) is 2.32. The summed E-state index contributed by atoms with van der Waals surface area (Å²) in [5.41, 5.74) is -2.10. The molecule has 13 heavy (non-hydrogen) atoms. The largest absolute Gasteiger partial charge is 0.492 e. The van der Waals surface area contributed by atoms with Gasteiger partial charge in [0.1, 0.15) is 0 Å². The molecule has 1 heterocycles. The van der Waals surface area contributed by atoms with Crippen molar-refractivity contribution in [2.75, 3.05) is 0 Å². The average Bonchev–Trinajstić information content (AvgIpc) is 2.09. The molecule has 1 aromatic rings. The van der Waals surface area contributed by atoms with Gasteiger partial charge < -0.3 is 5.11 Å². The van der Waals surface area contributed by atoms with Gasteiger partial charge in [0.2, 0.25) is 11.7 Å². The first-order chi connectivity index (χ1) is 6.07. The molecule has 0 bridgehead atoms. The zero-order valence-electron chi connectivity index (χ0n) is 6.58. The Bertz CT molecular complexity index is 446. The van der Waals surface area contributed by atoms with Crippen molar-refractivity contribution in [3.8, 4) is 5.88 Å². The fourth-order valence-corrected chi connectivity index (χ4v) is 0.834. The highest BCUT2D eigenvalue weighted by Crippen LogP contribution is 2.06. The summed E-state index contributed by atoms with van der Waals surface area (Å²) in [5.74, 6) is -2.35. The van der Waals surface area contributed by atoms with Crippen molar-refractivity contribution in [2.45, 2.75) is 6.54 Å². The third-order valence-corrected chi connectivity index (χ3v) is 1.43. The number of aromatic nitrogens is 2. The van der Waals surface area contributed by atoms with Gasteiger partial charge in [-0.05, 0) is 0 Å². The van der Waals surface area contributed by atoms with Gasteiger partial charge in [-0.3, -0.25) is 14.3 Å². The lowest BCUT2D eigenvalue weighted by atomic mass is 10.5. The molecule has 6 heteroatoms. The van der Waals surface area contributed by atoms with Crippen LogP contribution in [0.5, 0.6) is 5.88 Å². The van der Waals surface area contributed by atoms with Gasteiger partial charge in [-0.2, -0.15) is 4.39 Å². The second-order valence-corrected chi connectivity index (χ2v) is 2.30. The zero-order valence-corrected chi connectivity index (χ0v) is 6.58. The number of rotatable bonds is 2. The fraction of sp³-hybridized carbons (Fsp3) is 0.143. The number of aromatic amines is 1. The molecule has 0 aliphatic carbocycles. The van der Waals surface area contributed by atoms with Gasteiger partial charge in [-0.25, -0.2) is 4.79 Å². The molecule has 0 aliphatic heterocycles. The van der Waals surface area contributed by atoms with Gasteiger partial charge in [0.05, 0.1) is 0 Å². The number of halogens is 1. The monoisotopic (exact) mass is 186 g/mol. The maximum atomic E-state index is 12.7. The number of nitrogens with one attached hydrogen (secondary N) is 1. The lowest BCUT2D eigenvalue weighted by Crippen LogP contribution is -2.31. The molecule has 0 aromatic carbocycles. The lowest BCUT2D eigenvalue weighted by Gasteiger charge is -2.03. The number of nitrogens with zero attached hydrogens (tertiary/aromatic N) is 1. The van der Waals surface area contributed by atoms with Crippen molar-refractivity contribution in [3.05, 3.63) is 39.3 Å². The highest BCUT2D eigenvalue weighted by atomic mass is 19.1. The van der Waals surface area contributed by atoms with Crippen molar-refractivity contribution in [1.29, 1.82) is 0 Å². The predicted molar refractivity (Wildman–Crippen MR) is 43.1 cm³/mol. The molecule has 0 atom stereocenters. The maximum Gasteiger partial charge on any atom is 0.331 e. The Morgan fingerprint density at radius 3 is 2.77 bits per heavy atom. The minimum absolute atomic E-state index is 0.0711. The quantitative estimate of drug-likeness (QED) is 0.615. The van der Waals surface area contributed by atoms with Gasteiger partial charge in [0.25, 0.3) is 5.56 Å². The molecule has 1 rings (SSSR count). The standard InChI is InChI=1S/C7H7FN2O3/c1-2-3-10-6(12)4(8)5(11)9-7(10)13/h2,12H,1,3H2,(H,9,11,13). The van der Waals surface area contributed by atoms with Crippen LogP contribution in [0.3, 0.4) is 0 Å². The van der Waals surface area contributed by atoms with Crippen LogP contribution in [0.25, 0.3) is 0 Å². The highest BCUT2D eigenvalue weighted by Gasteiger charge is 2.11. The van der Waals surface area contributed by atoms with Crippen LogP contribution in [0, 0.1) is 5.82 Å². The predicted octanol–water partition coefficient (Wildman–Crippen LogP) is -0.433. The first-order valence-electron chi connectivity index (χ1n) is 3.40. The summed E-state index contributed by atoms with van der Waals surface area (Å²) in [6.45, 7) is 3.23. The molecule has 0 aliphatic rings. The van der Waals surface area contributed by atoms with Crippen molar-refractivity contribution in [1.82, 2.24) is 9.55 Å². The fourth-order valence-electron chi connectivity index (χ4n) is 0.834.